The van der Waals surface area contributed by atoms with Crippen LogP contribution in [-0.4, -0.2) is 60.0 Å². The van der Waals surface area contributed by atoms with Gasteiger partial charge < -0.3 is 5.32 Å². The molecule has 0 saturated carbocycles. The minimum absolute atomic E-state index is 0.00206. The lowest BCUT2D eigenvalue weighted by Crippen LogP contribution is -2.56. The molecule has 27 heavy (non-hydrogen) atoms. The SMILES string of the molecule is CN1CC2(C[C@H]1C(=O)NCCc1cccnc1)CN(Cc1ccccc1)C2. The Morgan fingerprint density at radius 3 is 2.67 bits per heavy atom. The summed E-state index contributed by atoms with van der Waals surface area (Å²) in [6.45, 7) is 4.87. The van der Waals surface area contributed by atoms with Crippen molar-refractivity contribution in [2.45, 2.75) is 25.4 Å². The third kappa shape index (κ3) is 4.20. The van der Waals surface area contributed by atoms with Gasteiger partial charge in [0.15, 0.2) is 0 Å². The summed E-state index contributed by atoms with van der Waals surface area (Å²) < 4.78 is 0. The highest BCUT2D eigenvalue weighted by Crippen LogP contribution is 2.42. The Bertz CT molecular complexity index is 758. The fourth-order valence-corrected chi connectivity index (χ4v) is 4.64. The molecule has 0 aliphatic carbocycles. The summed E-state index contributed by atoms with van der Waals surface area (Å²) in [7, 11) is 2.08. The Kier molecular flexibility index (Phi) is 5.23. The molecule has 3 heterocycles. The maximum atomic E-state index is 12.7. The lowest BCUT2D eigenvalue weighted by atomic mass is 9.77. The van der Waals surface area contributed by atoms with Crippen molar-refractivity contribution < 1.29 is 4.79 Å². The number of carbonyl (C=O) groups is 1. The molecule has 2 fully saturated rings. The van der Waals surface area contributed by atoms with Crippen molar-refractivity contribution >= 4 is 5.91 Å². The van der Waals surface area contributed by atoms with Crippen LogP contribution in [-0.2, 0) is 17.8 Å². The summed E-state index contributed by atoms with van der Waals surface area (Å²) in [6, 6.07) is 14.6. The summed E-state index contributed by atoms with van der Waals surface area (Å²) in [5.74, 6) is 0.166. The zero-order chi connectivity index (χ0) is 18.7. The van der Waals surface area contributed by atoms with Gasteiger partial charge in [0.05, 0.1) is 6.04 Å². The number of likely N-dealkylation sites (tertiary alicyclic amines) is 2. The normalized spacial score (nSPS) is 21.9. The second-order valence-corrected chi connectivity index (χ2v) is 8.17. The fourth-order valence-electron chi connectivity index (χ4n) is 4.64. The van der Waals surface area contributed by atoms with Crippen LogP contribution in [0.25, 0.3) is 0 Å². The molecule has 1 atom stereocenters. The number of likely N-dealkylation sites (N-methyl/N-ethyl adjacent to an activating group) is 1. The highest BCUT2D eigenvalue weighted by Gasteiger charge is 2.51. The van der Waals surface area contributed by atoms with Gasteiger partial charge in [0, 0.05) is 50.5 Å². The number of rotatable bonds is 6. The molecule has 4 rings (SSSR count). The van der Waals surface area contributed by atoms with E-state index in [4.69, 9.17) is 0 Å². The van der Waals surface area contributed by atoms with Crippen LogP contribution in [0.15, 0.2) is 54.9 Å². The maximum Gasteiger partial charge on any atom is 0.237 e. The molecule has 1 amide bonds. The molecule has 0 radical (unpaired) electrons. The van der Waals surface area contributed by atoms with Crippen LogP contribution in [0.1, 0.15) is 17.5 Å². The second-order valence-electron chi connectivity index (χ2n) is 8.17. The first-order chi connectivity index (χ1) is 13.1. The van der Waals surface area contributed by atoms with Crippen molar-refractivity contribution in [3.63, 3.8) is 0 Å². The number of aromatic nitrogens is 1. The molecule has 1 spiro atoms. The van der Waals surface area contributed by atoms with E-state index >= 15 is 0 Å². The van der Waals surface area contributed by atoms with Crippen molar-refractivity contribution in [3.05, 3.63) is 66.0 Å². The molecule has 0 bridgehead atoms. The lowest BCUT2D eigenvalue weighted by molar-refractivity contribution is -0.125. The number of pyridine rings is 1. The van der Waals surface area contributed by atoms with E-state index in [0.717, 1.165) is 44.6 Å². The number of carbonyl (C=O) groups excluding carboxylic acids is 1. The van der Waals surface area contributed by atoms with Crippen LogP contribution in [0.5, 0.6) is 0 Å². The number of amides is 1. The first-order valence-corrected chi connectivity index (χ1v) is 9.77. The maximum absolute atomic E-state index is 12.7. The van der Waals surface area contributed by atoms with Crippen molar-refractivity contribution in [3.8, 4) is 0 Å². The lowest BCUT2D eigenvalue weighted by Gasteiger charge is -2.48. The summed E-state index contributed by atoms with van der Waals surface area (Å²) in [6.07, 6.45) is 5.42. The summed E-state index contributed by atoms with van der Waals surface area (Å²) in [5.41, 5.74) is 2.81. The van der Waals surface area contributed by atoms with Crippen LogP contribution >= 0.6 is 0 Å². The molecule has 2 aliphatic heterocycles. The summed E-state index contributed by atoms with van der Waals surface area (Å²) >= 11 is 0. The van der Waals surface area contributed by atoms with E-state index in [-0.39, 0.29) is 17.4 Å². The van der Waals surface area contributed by atoms with Gasteiger partial charge in [-0.05, 0) is 37.1 Å². The van der Waals surface area contributed by atoms with E-state index in [1.165, 1.54) is 5.56 Å². The highest BCUT2D eigenvalue weighted by atomic mass is 16.2. The first kappa shape index (κ1) is 18.1. The van der Waals surface area contributed by atoms with Gasteiger partial charge in [-0.1, -0.05) is 36.4 Å². The minimum atomic E-state index is -0.00206. The van der Waals surface area contributed by atoms with Gasteiger partial charge in [0.2, 0.25) is 5.91 Å². The molecule has 1 N–H and O–H groups in total. The van der Waals surface area contributed by atoms with Gasteiger partial charge in [0.1, 0.15) is 0 Å². The molecule has 2 aliphatic rings. The Balaban J connectivity index is 1.24. The van der Waals surface area contributed by atoms with Crippen molar-refractivity contribution in [1.82, 2.24) is 20.1 Å². The number of nitrogens with one attached hydrogen (secondary N) is 1. The van der Waals surface area contributed by atoms with Crippen LogP contribution < -0.4 is 5.32 Å². The summed E-state index contributed by atoms with van der Waals surface area (Å²) in [5, 5.41) is 3.12. The van der Waals surface area contributed by atoms with Gasteiger partial charge in [-0.15, -0.1) is 0 Å². The second kappa shape index (κ2) is 7.79. The number of nitrogens with zero attached hydrogens (tertiary/aromatic N) is 3. The van der Waals surface area contributed by atoms with E-state index < -0.39 is 0 Å². The van der Waals surface area contributed by atoms with Crippen LogP contribution in [0.3, 0.4) is 0 Å². The molecule has 142 valence electrons. The van der Waals surface area contributed by atoms with Crippen molar-refractivity contribution in [2.75, 3.05) is 33.2 Å². The zero-order valence-corrected chi connectivity index (χ0v) is 16.0. The molecule has 1 aromatic heterocycles. The smallest absolute Gasteiger partial charge is 0.237 e. The highest BCUT2D eigenvalue weighted by molar-refractivity contribution is 5.82. The molecule has 0 unspecified atom stereocenters. The van der Waals surface area contributed by atoms with Gasteiger partial charge in [-0.2, -0.15) is 0 Å². The standard InChI is InChI=1S/C22H28N4O/c1-25-15-22(16-26(17-22)14-19-6-3-2-4-7-19)12-20(25)21(27)24-11-9-18-8-5-10-23-13-18/h2-8,10,13,20H,9,11-12,14-17H2,1H3,(H,24,27)/t20-/m0/s1. The minimum Gasteiger partial charge on any atom is -0.354 e. The molecular weight excluding hydrogens is 336 g/mol. The predicted molar refractivity (Wildman–Crippen MR) is 106 cm³/mol. The number of hydrogen-bond donors (Lipinski definition) is 1. The van der Waals surface area contributed by atoms with Gasteiger partial charge in [0.25, 0.3) is 0 Å². The van der Waals surface area contributed by atoms with E-state index in [9.17, 15) is 4.79 Å². The van der Waals surface area contributed by atoms with Crippen molar-refractivity contribution in [1.29, 1.82) is 0 Å². The topological polar surface area (TPSA) is 48.5 Å². The van der Waals surface area contributed by atoms with Crippen LogP contribution in [0.4, 0.5) is 0 Å². The van der Waals surface area contributed by atoms with Gasteiger partial charge >= 0.3 is 0 Å². The predicted octanol–water partition coefficient (Wildman–Crippen LogP) is 1.95. The van der Waals surface area contributed by atoms with E-state index in [1.807, 2.05) is 18.3 Å². The number of hydrogen-bond acceptors (Lipinski definition) is 4. The Morgan fingerprint density at radius 1 is 1.15 bits per heavy atom. The largest absolute Gasteiger partial charge is 0.354 e. The fraction of sp³-hybridized carbons (Fsp3) is 0.455. The summed E-state index contributed by atoms with van der Waals surface area (Å²) in [4.78, 5) is 21.5. The molecule has 2 saturated heterocycles. The first-order valence-electron chi connectivity index (χ1n) is 9.77. The monoisotopic (exact) mass is 364 g/mol. The Labute approximate surface area is 161 Å². The zero-order valence-electron chi connectivity index (χ0n) is 16.0. The Hall–Kier alpha value is -2.24. The van der Waals surface area contributed by atoms with Crippen LogP contribution in [0, 0.1) is 5.41 Å². The van der Waals surface area contributed by atoms with E-state index in [1.54, 1.807) is 6.20 Å². The average molecular weight is 364 g/mol. The third-order valence-corrected chi connectivity index (χ3v) is 5.85. The quantitative estimate of drug-likeness (QED) is 0.851. The van der Waals surface area contributed by atoms with Gasteiger partial charge in [-0.3, -0.25) is 19.6 Å². The van der Waals surface area contributed by atoms with Gasteiger partial charge in [-0.25, -0.2) is 0 Å². The van der Waals surface area contributed by atoms with Crippen molar-refractivity contribution in [2.24, 2.45) is 5.41 Å². The molecule has 1 aromatic carbocycles. The van der Waals surface area contributed by atoms with Crippen LogP contribution in [0.2, 0.25) is 0 Å². The molecule has 5 nitrogen and oxygen atoms in total. The molecule has 2 aromatic rings. The van der Waals surface area contributed by atoms with E-state index in [2.05, 4.69) is 57.5 Å². The van der Waals surface area contributed by atoms with E-state index in [0.29, 0.717) is 6.54 Å². The average Bonchev–Trinajstić information content (AvgIpc) is 3.01. The molecule has 5 heteroatoms. The number of benzene rings is 1. The molecular formula is C22H28N4O. The third-order valence-electron chi connectivity index (χ3n) is 5.85. The Morgan fingerprint density at radius 2 is 1.93 bits per heavy atom.